The molecule has 0 aliphatic carbocycles. The second-order valence-electron chi connectivity index (χ2n) is 4.06. The molecular formula is C13H12N2O4S. The number of hydrogen-bond donors (Lipinski definition) is 0. The first-order chi connectivity index (χ1) is 9.43. The Bertz CT molecular complexity index is 729. The maximum absolute atomic E-state index is 12.4. The third-order valence-corrected chi connectivity index (χ3v) is 4.61. The fourth-order valence-electron chi connectivity index (χ4n) is 1.69. The molecule has 0 saturated heterocycles. The van der Waals surface area contributed by atoms with Crippen LogP contribution in [0.5, 0.6) is 0 Å². The minimum atomic E-state index is -3.72. The predicted octanol–water partition coefficient (Wildman–Crippen LogP) is 2.42. The van der Waals surface area contributed by atoms with E-state index in [4.69, 9.17) is 0 Å². The summed E-state index contributed by atoms with van der Waals surface area (Å²) >= 11 is 0. The summed E-state index contributed by atoms with van der Waals surface area (Å²) in [5.41, 5.74) is 0.0839. The molecule has 2 rings (SSSR count). The van der Waals surface area contributed by atoms with Crippen LogP contribution in [0.15, 0.2) is 59.5 Å². The molecule has 2 aromatic rings. The lowest BCUT2D eigenvalue weighted by molar-refractivity contribution is -0.384. The van der Waals surface area contributed by atoms with Gasteiger partial charge in [-0.15, -0.1) is 0 Å². The van der Waals surface area contributed by atoms with Crippen LogP contribution in [0.4, 0.5) is 11.4 Å². The Morgan fingerprint density at radius 3 is 2.30 bits per heavy atom. The van der Waals surface area contributed by atoms with E-state index in [0.717, 1.165) is 4.31 Å². The van der Waals surface area contributed by atoms with Crippen LogP contribution in [0.25, 0.3) is 0 Å². The summed E-state index contributed by atoms with van der Waals surface area (Å²) in [6.07, 6.45) is 0. The molecule has 6 nitrogen and oxygen atoms in total. The normalized spacial score (nSPS) is 11.1. The summed E-state index contributed by atoms with van der Waals surface area (Å²) in [5.74, 6) is 0. The Kier molecular flexibility index (Phi) is 3.71. The summed E-state index contributed by atoms with van der Waals surface area (Å²) in [4.78, 5) is 10.3. The topological polar surface area (TPSA) is 80.5 Å². The Labute approximate surface area is 116 Å². The average Bonchev–Trinajstić information content (AvgIpc) is 2.47. The molecule has 20 heavy (non-hydrogen) atoms. The minimum absolute atomic E-state index is 0.133. The zero-order valence-corrected chi connectivity index (χ0v) is 11.4. The highest BCUT2D eigenvalue weighted by Gasteiger charge is 2.22. The van der Waals surface area contributed by atoms with Crippen LogP contribution in [-0.4, -0.2) is 20.4 Å². The highest BCUT2D eigenvalue weighted by Crippen LogP contribution is 2.25. The third kappa shape index (κ3) is 2.62. The van der Waals surface area contributed by atoms with Gasteiger partial charge in [0.15, 0.2) is 0 Å². The highest BCUT2D eigenvalue weighted by atomic mass is 32.2. The lowest BCUT2D eigenvalue weighted by atomic mass is 10.3. The SMILES string of the molecule is CN(c1cccc([N+](=O)[O-])c1)S(=O)(=O)c1ccccc1. The second kappa shape index (κ2) is 5.30. The Morgan fingerprint density at radius 1 is 1.05 bits per heavy atom. The first kappa shape index (κ1) is 14.0. The largest absolute Gasteiger partial charge is 0.271 e. The molecule has 0 radical (unpaired) electrons. The number of non-ortho nitro benzene ring substituents is 1. The van der Waals surface area contributed by atoms with E-state index in [-0.39, 0.29) is 16.3 Å². The molecular weight excluding hydrogens is 280 g/mol. The highest BCUT2D eigenvalue weighted by molar-refractivity contribution is 7.92. The van der Waals surface area contributed by atoms with Crippen molar-refractivity contribution in [1.29, 1.82) is 0 Å². The van der Waals surface area contributed by atoms with E-state index in [1.165, 1.54) is 43.4 Å². The van der Waals surface area contributed by atoms with Gasteiger partial charge in [0.05, 0.1) is 15.5 Å². The summed E-state index contributed by atoms with van der Waals surface area (Å²) in [7, 11) is -2.36. The lowest BCUT2D eigenvalue weighted by Crippen LogP contribution is -2.26. The van der Waals surface area contributed by atoms with Gasteiger partial charge in [-0.3, -0.25) is 14.4 Å². The average molecular weight is 292 g/mol. The van der Waals surface area contributed by atoms with Gasteiger partial charge in [-0.05, 0) is 18.2 Å². The van der Waals surface area contributed by atoms with Crippen LogP contribution >= 0.6 is 0 Å². The van der Waals surface area contributed by atoms with Crippen LogP contribution in [-0.2, 0) is 10.0 Å². The van der Waals surface area contributed by atoms with Gasteiger partial charge in [-0.25, -0.2) is 8.42 Å². The number of nitro groups is 1. The molecule has 2 aromatic carbocycles. The zero-order chi connectivity index (χ0) is 14.8. The smallest absolute Gasteiger partial charge is 0.269 e. The Morgan fingerprint density at radius 2 is 1.70 bits per heavy atom. The Hall–Kier alpha value is -2.41. The van der Waals surface area contributed by atoms with Crippen molar-refractivity contribution in [2.45, 2.75) is 4.90 Å². The van der Waals surface area contributed by atoms with Gasteiger partial charge >= 0.3 is 0 Å². The minimum Gasteiger partial charge on any atom is -0.269 e. The lowest BCUT2D eigenvalue weighted by Gasteiger charge is -2.19. The van der Waals surface area contributed by atoms with E-state index in [1.807, 2.05) is 0 Å². The van der Waals surface area contributed by atoms with Crippen molar-refractivity contribution in [3.63, 3.8) is 0 Å². The van der Waals surface area contributed by atoms with Crippen molar-refractivity contribution in [2.24, 2.45) is 0 Å². The molecule has 0 heterocycles. The van der Waals surface area contributed by atoms with Crippen molar-refractivity contribution in [2.75, 3.05) is 11.4 Å². The van der Waals surface area contributed by atoms with Gasteiger partial charge in [0.25, 0.3) is 15.7 Å². The fourth-order valence-corrected chi connectivity index (χ4v) is 2.90. The molecule has 0 bridgehead atoms. The third-order valence-electron chi connectivity index (χ3n) is 2.81. The van der Waals surface area contributed by atoms with E-state index in [9.17, 15) is 18.5 Å². The molecule has 7 heteroatoms. The van der Waals surface area contributed by atoms with E-state index in [0.29, 0.717) is 0 Å². The molecule has 0 saturated carbocycles. The molecule has 0 aliphatic rings. The summed E-state index contributed by atoms with van der Waals surface area (Å²) in [6, 6.07) is 13.4. The standard InChI is InChI=1S/C13H12N2O4S/c1-14(11-6-5-7-12(10-11)15(16)17)20(18,19)13-8-3-2-4-9-13/h2-10H,1H3. The molecule has 0 atom stereocenters. The monoisotopic (exact) mass is 292 g/mol. The number of nitro benzene ring substituents is 1. The van der Waals surface area contributed by atoms with Crippen molar-refractivity contribution in [1.82, 2.24) is 0 Å². The van der Waals surface area contributed by atoms with Crippen molar-refractivity contribution in [3.05, 3.63) is 64.7 Å². The van der Waals surface area contributed by atoms with Gasteiger partial charge in [0, 0.05) is 19.2 Å². The molecule has 0 fully saturated rings. The molecule has 0 N–H and O–H groups in total. The quantitative estimate of drug-likeness (QED) is 0.640. The number of anilines is 1. The van der Waals surface area contributed by atoms with E-state index in [1.54, 1.807) is 18.2 Å². The van der Waals surface area contributed by atoms with Crippen molar-refractivity contribution >= 4 is 21.4 Å². The van der Waals surface area contributed by atoms with E-state index in [2.05, 4.69) is 0 Å². The van der Waals surface area contributed by atoms with Crippen LogP contribution in [0, 0.1) is 10.1 Å². The fraction of sp³-hybridized carbons (Fsp3) is 0.0769. The van der Waals surface area contributed by atoms with Crippen molar-refractivity contribution in [3.8, 4) is 0 Å². The van der Waals surface area contributed by atoms with Gasteiger partial charge in [0.2, 0.25) is 0 Å². The molecule has 0 unspecified atom stereocenters. The van der Waals surface area contributed by atoms with Crippen LogP contribution in [0.1, 0.15) is 0 Å². The molecule has 104 valence electrons. The maximum Gasteiger partial charge on any atom is 0.271 e. The van der Waals surface area contributed by atoms with Crippen LogP contribution in [0.2, 0.25) is 0 Å². The van der Waals surface area contributed by atoms with Crippen LogP contribution in [0.3, 0.4) is 0 Å². The van der Waals surface area contributed by atoms with Gasteiger partial charge in [-0.2, -0.15) is 0 Å². The number of benzene rings is 2. The van der Waals surface area contributed by atoms with E-state index >= 15 is 0 Å². The second-order valence-corrected chi connectivity index (χ2v) is 6.03. The zero-order valence-electron chi connectivity index (χ0n) is 10.6. The summed E-state index contributed by atoms with van der Waals surface area (Å²) in [5, 5.41) is 10.7. The predicted molar refractivity (Wildman–Crippen MR) is 75.1 cm³/mol. The maximum atomic E-state index is 12.4. The molecule has 0 spiro atoms. The number of nitrogens with zero attached hydrogens (tertiary/aromatic N) is 2. The molecule has 0 aromatic heterocycles. The summed E-state index contributed by atoms with van der Waals surface area (Å²) < 4.78 is 25.8. The molecule has 0 aliphatic heterocycles. The number of sulfonamides is 1. The van der Waals surface area contributed by atoms with Gasteiger partial charge in [-0.1, -0.05) is 24.3 Å². The van der Waals surface area contributed by atoms with Crippen LogP contribution < -0.4 is 4.31 Å². The first-order valence-electron chi connectivity index (χ1n) is 5.71. The van der Waals surface area contributed by atoms with Gasteiger partial charge in [0.1, 0.15) is 0 Å². The number of hydrogen-bond acceptors (Lipinski definition) is 4. The molecule has 0 amide bonds. The number of rotatable bonds is 4. The Balaban J connectivity index is 2.43. The van der Waals surface area contributed by atoms with E-state index < -0.39 is 14.9 Å². The van der Waals surface area contributed by atoms with Crippen molar-refractivity contribution < 1.29 is 13.3 Å². The summed E-state index contributed by atoms with van der Waals surface area (Å²) in [6.45, 7) is 0. The van der Waals surface area contributed by atoms with Gasteiger partial charge < -0.3 is 0 Å². The first-order valence-corrected chi connectivity index (χ1v) is 7.15.